The van der Waals surface area contributed by atoms with Gasteiger partial charge in [0.1, 0.15) is 11.4 Å². The molecule has 0 saturated heterocycles. The lowest BCUT2D eigenvalue weighted by atomic mass is 10.0. The number of nitro groups is 1. The molecular weight excluding hydrogens is 482 g/mol. The third-order valence-electron chi connectivity index (χ3n) is 5.53. The van der Waals surface area contributed by atoms with Crippen molar-refractivity contribution >= 4 is 33.9 Å². The SMILES string of the molecule is CC(=NNC(=O)c1nnn(-c2nonc2N)c1-c1cccc([N+](=O)[O-])c1)c1ccc2ccccc2c1O. The molecule has 14 nitrogen and oxygen atoms in total. The van der Waals surface area contributed by atoms with Gasteiger partial charge in [0, 0.05) is 28.6 Å². The van der Waals surface area contributed by atoms with Crippen LogP contribution in [0.25, 0.3) is 27.8 Å². The average Bonchev–Trinajstić information content (AvgIpc) is 3.53. The van der Waals surface area contributed by atoms with Gasteiger partial charge in [-0.3, -0.25) is 14.9 Å². The Kier molecular flexibility index (Phi) is 5.73. The molecule has 0 aliphatic carbocycles. The van der Waals surface area contributed by atoms with E-state index in [0.29, 0.717) is 16.7 Å². The third-order valence-corrected chi connectivity index (χ3v) is 5.53. The van der Waals surface area contributed by atoms with Crippen molar-refractivity contribution in [1.82, 2.24) is 30.7 Å². The standard InChI is InChI=1S/C23H17N9O5/c1-12(16-10-9-13-5-2-3-8-17(13)20(16)33)25-27-23(34)18-19(14-6-4-7-15(11-14)32(35)36)31(30-26-18)22-21(24)28-37-29-22/h2-11,33H,1H3,(H2,24,28)(H,27,34). The number of phenols is 1. The molecule has 1 amide bonds. The molecule has 0 bridgehead atoms. The maximum atomic E-state index is 13.1. The van der Waals surface area contributed by atoms with Crippen LogP contribution in [0, 0.1) is 10.1 Å². The number of hydrogen-bond donors (Lipinski definition) is 3. The average molecular weight is 499 g/mol. The first-order valence-corrected chi connectivity index (χ1v) is 10.7. The molecule has 184 valence electrons. The molecule has 0 radical (unpaired) electrons. The molecule has 5 aromatic rings. The Morgan fingerprint density at radius 1 is 1.16 bits per heavy atom. The molecule has 0 saturated carbocycles. The molecule has 4 N–H and O–H groups in total. The van der Waals surface area contributed by atoms with Gasteiger partial charge in [-0.2, -0.15) is 9.78 Å². The van der Waals surface area contributed by atoms with Crippen molar-refractivity contribution in [3.05, 3.63) is 82.0 Å². The summed E-state index contributed by atoms with van der Waals surface area (Å²) in [6.07, 6.45) is 0. The van der Waals surface area contributed by atoms with Crippen molar-refractivity contribution in [3.63, 3.8) is 0 Å². The van der Waals surface area contributed by atoms with Crippen LogP contribution < -0.4 is 11.2 Å². The van der Waals surface area contributed by atoms with E-state index in [9.17, 15) is 20.0 Å². The second-order valence-electron chi connectivity index (χ2n) is 7.80. The van der Waals surface area contributed by atoms with E-state index in [4.69, 9.17) is 5.73 Å². The monoisotopic (exact) mass is 499 g/mol. The maximum Gasteiger partial charge on any atom is 0.294 e. The molecule has 0 fully saturated rings. The van der Waals surface area contributed by atoms with E-state index in [1.807, 2.05) is 18.2 Å². The highest BCUT2D eigenvalue weighted by atomic mass is 16.6. The van der Waals surface area contributed by atoms with Crippen molar-refractivity contribution in [3.8, 4) is 22.8 Å². The first kappa shape index (κ1) is 23.1. The Morgan fingerprint density at radius 2 is 1.97 bits per heavy atom. The second-order valence-corrected chi connectivity index (χ2v) is 7.80. The number of hydrogen-bond acceptors (Lipinski definition) is 11. The molecule has 0 atom stereocenters. The number of benzene rings is 3. The summed E-state index contributed by atoms with van der Waals surface area (Å²) in [7, 11) is 0. The van der Waals surface area contributed by atoms with Gasteiger partial charge >= 0.3 is 0 Å². The van der Waals surface area contributed by atoms with E-state index in [2.05, 4.69) is 35.8 Å². The minimum absolute atomic E-state index is 0.0193. The molecule has 0 spiro atoms. The molecule has 37 heavy (non-hydrogen) atoms. The Bertz CT molecular complexity index is 1710. The van der Waals surface area contributed by atoms with E-state index in [1.54, 1.807) is 25.1 Å². The van der Waals surface area contributed by atoms with Crippen LogP contribution in [0.4, 0.5) is 11.5 Å². The molecule has 0 aliphatic rings. The third kappa shape index (κ3) is 4.18. The summed E-state index contributed by atoms with van der Waals surface area (Å²) in [6.45, 7) is 1.62. The molecule has 2 aromatic heterocycles. The van der Waals surface area contributed by atoms with E-state index in [1.165, 1.54) is 24.3 Å². The van der Waals surface area contributed by atoms with Crippen LogP contribution in [0.5, 0.6) is 5.75 Å². The first-order chi connectivity index (χ1) is 17.8. The lowest BCUT2D eigenvalue weighted by molar-refractivity contribution is -0.384. The number of rotatable bonds is 6. The largest absolute Gasteiger partial charge is 0.507 e. The zero-order chi connectivity index (χ0) is 26.1. The number of nitrogens with one attached hydrogen (secondary N) is 1. The Hall–Kier alpha value is -5.66. The minimum Gasteiger partial charge on any atom is -0.507 e. The highest BCUT2D eigenvalue weighted by molar-refractivity contribution is 6.07. The summed E-state index contributed by atoms with van der Waals surface area (Å²) in [5, 5.41) is 42.6. The van der Waals surface area contributed by atoms with Crippen LogP contribution in [0.3, 0.4) is 0 Å². The smallest absolute Gasteiger partial charge is 0.294 e. The van der Waals surface area contributed by atoms with Crippen LogP contribution in [0.15, 0.2) is 70.4 Å². The Balaban J connectivity index is 1.53. The summed E-state index contributed by atoms with van der Waals surface area (Å²) in [5.74, 6) is -0.953. The number of nitro benzene ring substituents is 1. The fourth-order valence-corrected chi connectivity index (χ4v) is 3.74. The normalized spacial score (nSPS) is 11.5. The minimum atomic E-state index is -0.776. The number of fused-ring (bicyclic) bond motifs is 1. The maximum absolute atomic E-state index is 13.1. The van der Waals surface area contributed by atoms with Gasteiger partial charge in [-0.05, 0) is 28.7 Å². The fourth-order valence-electron chi connectivity index (χ4n) is 3.74. The molecule has 2 heterocycles. The number of aromatic nitrogens is 5. The number of aromatic hydroxyl groups is 1. The number of non-ortho nitro benzene ring substituents is 1. The van der Waals surface area contributed by atoms with Crippen LogP contribution in [0.2, 0.25) is 0 Å². The number of carbonyl (C=O) groups excluding carboxylic acids is 1. The molecule has 14 heteroatoms. The number of anilines is 1. The summed E-state index contributed by atoms with van der Waals surface area (Å²) >= 11 is 0. The predicted molar refractivity (Wildman–Crippen MR) is 131 cm³/mol. The van der Waals surface area contributed by atoms with Crippen LogP contribution in [-0.2, 0) is 0 Å². The van der Waals surface area contributed by atoms with Gasteiger partial charge in [0.15, 0.2) is 5.69 Å². The number of nitrogens with zero attached hydrogens (tertiary/aromatic N) is 7. The Labute approximate surface area is 207 Å². The molecule has 3 aromatic carbocycles. The van der Waals surface area contributed by atoms with Crippen molar-refractivity contribution in [1.29, 1.82) is 0 Å². The highest BCUT2D eigenvalue weighted by Crippen LogP contribution is 2.30. The summed E-state index contributed by atoms with van der Waals surface area (Å²) in [6, 6.07) is 16.3. The molecule has 0 aliphatic heterocycles. The van der Waals surface area contributed by atoms with E-state index >= 15 is 0 Å². The van der Waals surface area contributed by atoms with Crippen LogP contribution >= 0.6 is 0 Å². The zero-order valence-corrected chi connectivity index (χ0v) is 19.1. The number of hydrazone groups is 1. The zero-order valence-electron chi connectivity index (χ0n) is 19.1. The summed E-state index contributed by atoms with van der Waals surface area (Å²) in [4.78, 5) is 23.9. The van der Waals surface area contributed by atoms with E-state index in [-0.39, 0.29) is 40.0 Å². The Morgan fingerprint density at radius 3 is 2.73 bits per heavy atom. The second kappa shape index (κ2) is 9.18. The van der Waals surface area contributed by atoms with Crippen molar-refractivity contribution in [2.45, 2.75) is 6.92 Å². The van der Waals surface area contributed by atoms with Gasteiger partial charge in [-0.1, -0.05) is 47.7 Å². The number of nitrogens with two attached hydrogens (primary N) is 1. The quantitative estimate of drug-likeness (QED) is 0.177. The van der Waals surface area contributed by atoms with Gasteiger partial charge < -0.3 is 10.8 Å². The van der Waals surface area contributed by atoms with Crippen LogP contribution in [0.1, 0.15) is 23.0 Å². The van der Waals surface area contributed by atoms with E-state index < -0.39 is 10.8 Å². The number of nitrogen functional groups attached to an aromatic ring is 1. The fraction of sp³-hybridized carbons (Fsp3) is 0.0435. The molecular formula is C23H17N9O5. The van der Waals surface area contributed by atoms with Gasteiger partial charge in [0.05, 0.1) is 10.6 Å². The van der Waals surface area contributed by atoms with Gasteiger partial charge in [0.25, 0.3) is 11.6 Å². The number of carbonyl (C=O) groups is 1. The van der Waals surface area contributed by atoms with Gasteiger partial charge in [0.2, 0.25) is 11.6 Å². The lowest BCUT2D eigenvalue weighted by Crippen LogP contribution is -2.21. The number of amides is 1. The number of phenolic OH excluding ortho intramolecular Hbond substituents is 1. The van der Waals surface area contributed by atoms with Crippen molar-refractivity contribution < 1.29 is 19.5 Å². The lowest BCUT2D eigenvalue weighted by Gasteiger charge is -2.08. The van der Waals surface area contributed by atoms with Crippen molar-refractivity contribution in [2.75, 3.05) is 5.73 Å². The predicted octanol–water partition coefficient (Wildman–Crippen LogP) is 2.82. The first-order valence-electron chi connectivity index (χ1n) is 10.7. The van der Waals surface area contributed by atoms with E-state index in [0.717, 1.165) is 10.1 Å². The highest BCUT2D eigenvalue weighted by Gasteiger charge is 2.26. The van der Waals surface area contributed by atoms with Gasteiger partial charge in [-0.25, -0.2) is 10.1 Å². The molecule has 0 unspecified atom stereocenters. The summed E-state index contributed by atoms with van der Waals surface area (Å²) < 4.78 is 5.71. The molecule has 5 rings (SSSR count). The summed E-state index contributed by atoms with van der Waals surface area (Å²) in [5.41, 5.74) is 8.77. The van der Waals surface area contributed by atoms with Crippen molar-refractivity contribution in [2.24, 2.45) is 5.10 Å². The van der Waals surface area contributed by atoms with Gasteiger partial charge in [-0.15, -0.1) is 5.10 Å². The topological polar surface area (TPSA) is 200 Å². The van der Waals surface area contributed by atoms with Crippen LogP contribution in [-0.4, -0.2) is 47.0 Å².